The number of nitrogens with zero attached hydrogens (tertiary/aromatic N) is 1. The highest BCUT2D eigenvalue weighted by Crippen LogP contribution is 2.34. The Morgan fingerprint density at radius 1 is 1.22 bits per heavy atom. The lowest BCUT2D eigenvalue weighted by Gasteiger charge is -2.39. The molecular weight excluding hydrogens is 314 g/mol. The Balaban J connectivity index is 1.93. The first-order valence-corrected chi connectivity index (χ1v) is 9.70. The number of aryl methyl sites for hydroxylation is 2. The van der Waals surface area contributed by atoms with Gasteiger partial charge in [-0.1, -0.05) is 12.5 Å². The van der Waals surface area contributed by atoms with Crippen LogP contribution in [0.15, 0.2) is 23.1 Å². The van der Waals surface area contributed by atoms with Gasteiger partial charge >= 0.3 is 0 Å². The van der Waals surface area contributed by atoms with E-state index in [4.69, 9.17) is 4.74 Å². The molecule has 1 saturated heterocycles. The maximum atomic E-state index is 13.1. The highest BCUT2D eigenvalue weighted by molar-refractivity contribution is 7.89. The summed E-state index contributed by atoms with van der Waals surface area (Å²) in [7, 11) is -3.57. The Hall–Kier alpha value is -0.950. The van der Waals surface area contributed by atoms with Crippen LogP contribution in [-0.2, 0) is 14.8 Å². The van der Waals surface area contributed by atoms with Crippen molar-refractivity contribution in [2.24, 2.45) is 5.92 Å². The Bertz CT molecular complexity index is 673. The van der Waals surface area contributed by atoms with E-state index in [0.717, 1.165) is 30.4 Å². The van der Waals surface area contributed by atoms with Gasteiger partial charge in [0.15, 0.2) is 0 Å². The minimum Gasteiger partial charge on any atom is -0.393 e. The number of morpholine rings is 1. The van der Waals surface area contributed by atoms with E-state index in [1.165, 1.54) is 0 Å². The third-order valence-corrected chi connectivity index (χ3v) is 7.15. The summed E-state index contributed by atoms with van der Waals surface area (Å²) >= 11 is 0. The van der Waals surface area contributed by atoms with Gasteiger partial charge in [-0.3, -0.25) is 0 Å². The number of sulfonamides is 1. The van der Waals surface area contributed by atoms with Crippen molar-refractivity contribution >= 4 is 10.0 Å². The fraction of sp³-hybridized carbons (Fsp3) is 0.647. The Labute approximate surface area is 138 Å². The zero-order valence-electron chi connectivity index (χ0n) is 13.7. The predicted octanol–water partition coefficient (Wildman–Crippen LogP) is 1.85. The number of ether oxygens (including phenoxy) is 1. The molecular formula is C17H25NO4S. The van der Waals surface area contributed by atoms with Gasteiger partial charge in [0.05, 0.1) is 30.3 Å². The summed E-state index contributed by atoms with van der Waals surface area (Å²) in [4.78, 5) is 0.333. The maximum Gasteiger partial charge on any atom is 0.243 e. The summed E-state index contributed by atoms with van der Waals surface area (Å²) in [6.07, 6.45) is 2.12. The van der Waals surface area contributed by atoms with Crippen molar-refractivity contribution in [2.45, 2.75) is 50.2 Å². The van der Waals surface area contributed by atoms with Crippen molar-refractivity contribution in [2.75, 3.05) is 19.8 Å². The lowest BCUT2D eigenvalue weighted by molar-refractivity contribution is -0.0148. The van der Waals surface area contributed by atoms with Crippen LogP contribution in [0.1, 0.15) is 30.4 Å². The third kappa shape index (κ3) is 3.18. The number of rotatable bonds is 3. The van der Waals surface area contributed by atoms with Gasteiger partial charge in [-0.15, -0.1) is 0 Å². The van der Waals surface area contributed by atoms with Gasteiger partial charge in [0.1, 0.15) is 0 Å². The fourth-order valence-corrected chi connectivity index (χ4v) is 5.40. The lowest BCUT2D eigenvalue weighted by Crippen LogP contribution is -2.53. The highest BCUT2D eigenvalue weighted by atomic mass is 32.2. The lowest BCUT2D eigenvalue weighted by atomic mass is 9.96. The quantitative estimate of drug-likeness (QED) is 0.913. The van der Waals surface area contributed by atoms with Crippen molar-refractivity contribution in [1.29, 1.82) is 0 Å². The number of hydrogen-bond acceptors (Lipinski definition) is 4. The van der Waals surface area contributed by atoms with Crippen LogP contribution in [0, 0.1) is 19.8 Å². The zero-order valence-corrected chi connectivity index (χ0v) is 14.6. The molecule has 1 saturated carbocycles. The van der Waals surface area contributed by atoms with Crippen molar-refractivity contribution < 1.29 is 18.3 Å². The summed E-state index contributed by atoms with van der Waals surface area (Å²) in [6, 6.07) is 4.99. The van der Waals surface area contributed by atoms with E-state index in [-0.39, 0.29) is 12.0 Å². The maximum absolute atomic E-state index is 13.1. The molecule has 1 heterocycles. The monoisotopic (exact) mass is 339 g/mol. The largest absolute Gasteiger partial charge is 0.393 e. The van der Waals surface area contributed by atoms with Crippen LogP contribution in [-0.4, -0.2) is 49.7 Å². The summed E-state index contributed by atoms with van der Waals surface area (Å²) in [6.45, 7) is 5.02. The number of aliphatic hydroxyl groups excluding tert-OH is 1. The third-order valence-electron chi connectivity index (χ3n) is 5.23. The van der Waals surface area contributed by atoms with Gasteiger partial charge in [0, 0.05) is 12.5 Å². The topological polar surface area (TPSA) is 66.8 Å². The summed E-state index contributed by atoms with van der Waals surface area (Å²) < 4.78 is 33.3. The summed E-state index contributed by atoms with van der Waals surface area (Å²) in [5, 5.41) is 10.2. The summed E-state index contributed by atoms with van der Waals surface area (Å²) in [5.41, 5.74) is 2.05. The van der Waals surface area contributed by atoms with Gasteiger partial charge in [0.25, 0.3) is 0 Å². The molecule has 2 fully saturated rings. The van der Waals surface area contributed by atoms with Gasteiger partial charge in [-0.05, 0) is 49.9 Å². The van der Waals surface area contributed by atoms with Crippen LogP contribution in [0.4, 0.5) is 0 Å². The molecule has 6 heteroatoms. The van der Waals surface area contributed by atoms with E-state index < -0.39 is 16.1 Å². The van der Waals surface area contributed by atoms with E-state index in [9.17, 15) is 13.5 Å². The zero-order chi connectivity index (χ0) is 16.6. The first-order valence-electron chi connectivity index (χ1n) is 8.26. The molecule has 0 aromatic heterocycles. The molecule has 1 aromatic carbocycles. The normalized spacial score (nSPS) is 29.8. The van der Waals surface area contributed by atoms with Gasteiger partial charge < -0.3 is 9.84 Å². The van der Waals surface area contributed by atoms with E-state index >= 15 is 0 Å². The first-order chi connectivity index (χ1) is 10.9. The Morgan fingerprint density at radius 2 is 2.00 bits per heavy atom. The molecule has 1 aliphatic heterocycles. The molecule has 1 N–H and O–H groups in total. The summed E-state index contributed by atoms with van der Waals surface area (Å²) in [5.74, 6) is -0.0309. The standard InChI is InChI=1S/C17H25NO4S/c1-12-6-7-14(10-13(12)2)23(20,21)18-8-9-22-11-16(18)15-4-3-5-17(15)19/h6-7,10,15-17,19H,3-5,8-9,11H2,1-2H3. The molecule has 3 rings (SSSR count). The Morgan fingerprint density at radius 3 is 2.65 bits per heavy atom. The van der Waals surface area contributed by atoms with Crippen LogP contribution in [0.3, 0.4) is 0 Å². The molecule has 128 valence electrons. The molecule has 5 nitrogen and oxygen atoms in total. The Kier molecular flexibility index (Phi) is 4.78. The highest BCUT2D eigenvalue weighted by Gasteiger charge is 2.42. The predicted molar refractivity (Wildman–Crippen MR) is 87.8 cm³/mol. The van der Waals surface area contributed by atoms with E-state index in [2.05, 4.69) is 0 Å². The second kappa shape index (κ2) is 6.51. The molecule has 3 atom stereocenters. The van der Waals surface area contributed by atoms with Crippen LogP contribution in [0.5, 0.6) is 0 Å². The molecule has 0 radical (unpaired) electrons. The van der Waals surface area contributed by atoms with Crippen molar-refractivity contribution in [3.8, 4) is 0 Å². The molecule has 1 aliphatic carbocycles. The second-order valence-corrected chi connectivity index (χ2v) is 8.56. The smallest absolute Gasteiger partial charge is 0.243 e. The van der Waals surface area contributed by atoms with Crippen LogP contribution >= 0.6 is 0 Å². The van der Waals surface area contributed by atoms with Crippen molar-refractivity contribution in [3.05, 3.63) is 29.3 Å². The van der Waals surface area contributed by atoms with Gasteiger partial charge in [-0.25, -0.2) is 8.42 Å². The van der Waals surface area contributed by atoms with Crippen molar-refractivity contribution in [3.63, 3.8) is 0 Å². The first kappa shape index (κ1) is 16.9. The van der Waals surface area contributed by atoms with Crippen LogP contribution in [0.25, 0.3) is 0 Å². The number of hydrogen-bond donors (Lipinski definition) is 1. The number of aliphatic hydroxyl groups is 1. The van der Waals surface area contributed by atoms with E-state index in [1.54, 1.807) is 16.4 Å². The molecule has 2 aliphatic rings. The van der Waals surface area contributed by atoms with Crippen molar-refractivity contribution in [1.82, 2.24) is 4.31 Å². The molecule has 0 spiro atoms. The average Bonchev–Trinajstić information content (AvgIpc) is 2.96. The van der Waals surface area contributed by atoms with Gasteiger partial charge in [0.2, 0.25) is 10.0 Å². The van der Waals surface area contributed by atoms with E-state index in [0.29, 0.717) is 24.7 Å². The minimum absolute atomic E-state index is 0.0309. The fourth-order valence-electron chi connectivity index (χ4n) is 3.67. The molecule has 23 heavy (non-hydrogen) atoms. The molecule has 1 aromatic rings. The van der Waals surface area contributed by atoms with Crippen LogP contribution in [0.2, 0.25) is 0 Å². The van der Waals surface area contributed by atoms with E-state index in [1.807, 2.05) is 19.9 Å². The molecule has 0 bridgehead atoms. The SMILES string of the molecule is Cc1ccc(S(=O)(=O)N2CCOCC2C2CCCC2O)cc1C. The van der Waals surface area contributed by atoms with Gasteiger partial charge in [-0.2, -0.15) is 4.31 Å². The average molecular weight is 339 g/mol. The molecule has 3 unspecified atom stereocenters. The van der Waals surface area contributed by atoms with Crippen LogP contribution < -0.4 is 0 Å². The molecule has 0 amide bonds. The number of benzene rings is 1. The second-order valence-electron chi connectivity index (χ2n) is 6.67. The minimum atomic E-state index is -3.57.